The number of nitrogens with zero attached hydrogens (tertiary/aromatic N) is 1. The lowest BCUT2D eigenvalue weighted by Crippen LogP contribution is -2.16. The fourth-order valence-electron chi connectivity index (χ4n) is 2.16. The van der Waals surface area contributed by atoms with Gasteiger partial charge in [-0.05, 0) is 17.3 Å². The number of hydrogen-bond donors (Lipinski definition) is 0. The Kier molecular flexibility index (Phi) is 2.36. The number of rotatable bonds is 0. The molecular formula is C8H16NOP. The molecule has 2 rings (SSSR count). The summed E-state index contributed by atoms with van der Waals surface area (Å²) in [6.45, 7) is 9.39. The van der Waals surface area contributed by atoms with Crippen LogP contribution in [0.5, 0.6) is 0 Å². The van der Waals surface area contributed by atoms with Crippen LogP contribution in [0.4, 0.5) is 0 Å². The van der Waals surface area contributed by atoms with E-state index in [2.05, 4.69) is 27.9 Å². The Morgan fingerprint density at radius 3 is 2.00 bits per heavy atom. The molecule has 0 aromatic heterocycles. The minimum atomic E-state index is 0.688. The summed E-state index contributed by atoms with van der Waals surface area (Å²) < 4.78 is 2.36. The lowest BCUT2D eigenvalue weighted by atomic mass is 10.1. The average molecular weight is 173 g/mol. The largest absolute Gasteiger partial charge is 0.307 e. The molecule has 0 spiro atoms. The lowest BCUT2D eigenvalue weighted by Gasteiger charge is -2.15. The van der Waals surface area contributed by atoms with Crippen LogP contribution < -0.4 is 0 Å². The summed E-state index contributed by atoms with van der Waals surface area (Å²) in [5, 5.41) is 0. The Morgan fingerprint density at radius 1 is 1.36 bits per heavy atom. The highest BCUT2D eigenvalue weighted by atomic mass is 31.0. The van der Waals surface area contributed by atoms with E-state index in [0.717, 1.165) is 11.8 Å². The molecule has 1 saturated heterocycles. The first kappa shape index (κ1) is 9.15. The van der Waals surface area contributed by atoms with Crippen LogP contribution in [-0.4, -0.2) is 24.5 Å². The molecule has 0 radical (unpaired) electrons. The van der Waals surface area contributed by atoms with Gasteiger partial charge in [-0.1, -0.05) is 23.2 Å². The number of piperidine rings is 1. The molecule has 3 atom stereocenters. The van der Waals surface area contributed by atoms with Crippen molar-refractivity contribution in [1.82, 2.24) is 4.67 Å². The highest BCUT2D eigenvalue weighted by Crippen LogP contribution is 2.62. The number of carbonyl (C=O) groups excluding carboxylic acids is 1. The summed E-state index contributed by atoms with van der Waals surface area (Å²) in [6.07, 6.45) is 0. The Hall–Kier alpha value is 0.0600. The van der Waals surface area contributed by atoms with Crippen LogP contribution in [0.15, 0.2) is 0 Å². The van der Waals surface area contributed by atoms with Crippen LogP contribution in [0, 0.1) is 17.3 Å². The standard InChI is InChI=1S/C7H14NP.CH2O/c1-7(2)5-3-8(9)4-6(5)7;1-2/h5-6H,3-4,9H2,1-2H3;1H2. The Labute approximate surface area is 70.6 Å². The van der Waals surface area contributed by atoms with Gasteiger partial charge in [-0.3, -0.25) is 4.67 Å². The molecule has 0 N–H and O–H groups in total. The molecule has 1 aliphatic carbocycles. The van der Waals surface area contributed by atoms with E-state index in [0.29, 0.717) is 5.41 Å². The maximum absolute atomic E-state index is 8.00. The van der Waals surface area contributed by atoms with Crippen molar-refractivity contribution >= 4 is 16.2 Å². The van der Waals surface area contributed by atoms with Gasteiger partial charge in [0.15, 0.2) is 0 Å². The second kappa shape index (κ2) is 2.84. The molecule has 0 aromatic rings. The Morgan fingerprint density at radius 2 is 1.73 bits per heavy atom. The summed E-state index contributed by atoms with van der Waals surface area (Å²) in [5.74, 6) is 2.02. The predicted octanol–water partition coefficient (Wildman–Crippen LogP) is 1.18. The zero-order valence-electron chi connectivity index (χ0n) is 7.21. The monoisotopic (exact) mass is 173 g/mol. The quantitative estimate of drug-likeness (QED) is 0.513. The van der Waals surface area contributed by atoms with Gasteiger partial charge >= 0.3 is 0 Å². The average Bonchev–Trinajstić information content (AvgIpc) is 2.34. The summed E-state index contributed by atoms with van der Waals surface area (Å²) >= 11 is 0. The molecule has 3 heteroatoms. The molecule has 2 nitrogen and oxygen atoms in total. The van der Waals surface area contributed by atoms with Crippen LogP contribution in [0.3, 0.4) is 0 Å². The molecule has 1 saturated carbocycles. The summed E-state index contributed by atoms with van der Waals surface area (Å²) in [6, 6.07) is 0. The minimum Gasteiger partial charge on any atom is -0.307 e. The summed E-state index contributed by atoms with van der Waals surface area (Å²) in [4.78, 5) is 8.00. The Balaban J connectivity index is 0.000000281. The van der Waals surface area contributed by atoms with Gasteiger partial charge in [0.2, 0.25) is 0 Å². The van der Waals surface area contributed by atoms with Gasteiger partial charge in [0, 0.05) is 13.1 Å². The van der Waals surface area contributed by atoms with E-state index in [1.807, 2.05) is 6.79 Å². The number of fused-ring (bicyclic) bond motifs is 1. The third-order valence-electron chi connectivity index (χ3n) is 3.15. The second-order valence-corrected chi connectivity index (χ2v) is 4.72. The van der Waals surface area contributed by atoms with Crippen molar-refractivity contribution in [3.8, 4) is 0 Å². The fourth-order valence-corrected chi connectivity index (χ4v) is 2.62. The molecule has 0 amide bonds. The van der Waals surface area contributed by atoms with E-state index in [4.69, 9.17) is 4.79 Å². The van der Waals surface area contributed by atoms with Crippen molar-refractivity contribution in [1.29, 1.82) is 0 Å². The van der Waals surface area contributed by atoms with Crippen molar-refractivity contribution < 1.29 is 4.79 Å². The van der Waals surface area contributed by atoms with E-state index in [9.17, 15) is 0 Å². The van der Waals surface area contributed by atoms with E-state index < -0.39 is 0 Å². The van der Waals surface area contributed by atoms with E-state index in [-0.39, 0.29) is 0 Å². The number of hydrogen-bond acceptors (Lipinski definition) is 2. The fraction of sp³-hybridized carbons (Fsp3) is 0.875. The SMILES string of the molecule is C=O.CC1(C)C2CN(P)CC21. The first-order valence-electron chi connectivity index (χ1n) is 3.91. The van der Waals surface area contributed by atoms with Gasteiger partial charge in [0.25, 0.3) is 0 Å². The predicted molar refractivity (Wildman–Crippen MR) is 49.2 cm³/mol. The molecule has 1 aliphatic heterocycles. The van der Waals surface area contributed by atoms with E-state index >= 15 is 0 Å². The van der Waals surface area contributed by atoms with Crippen molar-refractivity contribution in [3.05, 3.63) is 0 Å². The smallest absolute Gasteiger partial charge is 0.106 e. The minimum absolute atomic E-state index is 0.688. The van der Waals surface area contributed by atoms with Crippen molar-refractivity contribution in [3.63, 3.8) is 0 Å². The molecule has 2 fully saturated rings. The topological polar surface area (TPSA) is 20.3 Å². The third kappa shape index (κ3) is 1.34. The van der Waals surface area contributed by atoms with E-state index in [1.54, 1.807) is 0 Å². The van der Waals surface area contributed by atoms with Gasteiger partial charge in [-0.2, -0.15) is 0 Å². The highest BCUT2D eigenvalue weighted by Gasteiger charge is 2.61. The van der Waals surface area contributed by atoms with Crippen molar-refractivity contribution in [2.45, 2.75) is 13.8 Å². The molecule has 1 heterocycles. The molecule has 2 aliphatic rings. The van der Waals surface area contributed by atoms with Crippen LogP contribution in [0.25, 0.3) is 0 Å². The first-order chi connectivity index (χ1) is 5.12. The second-order valence-electron chi connectivity index (χ2n) is 3.99. The molecule has 0 bridgehead atoms. The normalized spacial score (nSPS) is 38.8. The molecule has 11 heavy (non-hydrogen) atoms. The van der Waals surface area contributed by atoms with Gasteiger partial charge in [0.05, 0.1) is 0 Å². The summed E-state index contributed by atoms with van der Waals surface area (Å²) in [5.41, 5.74) is 0.688. The van der Waals surface area contributed by atoms with Gasteiger partial charge < -0.3 is 4.79 Å². The maximum Gasteiger partial charge on any atom is 0.106 e. The van der Waals surface area contributed by atoms with E-state index in [1.165, 1.54) is 13.1 Å². The van der Waals surface area contributed by atoms with Crippen LogP contribution in [0.2, 0.25) is 0 Å². The maximum atomic E-state index is 8.00. The first-order valence-corrected chi connectivity index (χ1v) is 4.42. The molecule has 64 valence electrons. The molecular weight excluding hydrogens is 157 g/mol. The van der Waals surface area contributed by atoms with Crippen molar-refractivity contribution in [2.75, 3.05) is 13.1 Å². The van der Waals surface area contributed by atoms with Crippen molar-refractivity contribution in [2.24, 2.45) is 17.3 Å². The highest BCUT2D eigenvalue weighted by molar-refractivity contribution is 7.13. The van der Waals surface area contributed by atoms with Gasteiger partial charge in [-0.15, -0.1) is 0 Å². The molecule has 0 aromatic carbocycles. The van der Waals surface area contributed by atoms with Gasteiger partial charge in [0.1, 0.15) is 6.79 Å². The Bertz CT molecular complexity index is 146. The third-order valence-corrected chi connectivity index (χ3v) is 3.57. The van der Waals surface area contributed by atoms with Gasteiger partial charge in [-0.25, -0.2) is 0 Å². The van der Waals surface area contributed by atoms with Crippen LogP contribution in [0.1, 0.15) is 13.8 Å². The summed E-state index contributed by atoms with van der Waals surface area (Å²) in [7, 11) is 2.79. The molecule has 3 unspecified atom stereocenters. The zero-order chi connectivity index (χ0) is 8.65. The lowest BCUT2D eigenvalue weighted by molar-refractivity contribution is -0.0979. The van der Waals surface area contributed by atoms with Crippen LogP contribution >= 0.6 is 9.39 Å². The zero-order valence-corrected chi connectivity index (χ0v) is 8.36. The van der Waals surface area contributed by atoms with Crippen LogP contribution in [-0.2, 0) is 4.79 Å². The number of carbonyl (C=O) groups is 1.